The summed E-state index contributed by atoms with van der Waals surface area (Å²) >= 11 is 0. The van der Waals surface area contributed by atoms with Crippen molar-refractivity contribution in [3.63, 3.8) is 0 Å². The lowest BCUT2D eigenvalue weighted by molar-refractivity contribution is 0.593. The van der Waals surface area contributed by atoms with Crippen LogP contribution in [0.5, 0.6) is 0 Å². The van der Waals surface area contributed by atoms with E-state index in [1.54, 1.807) is 0 Å². The molecule has 0 aliphatic carbocycles. The minimum Gasteiger partial charge on any atom is -0.329 e. The Labute approximate surface area is 105 Å². The molecule has 1 N–H and O–H groups in total. The van der Waals surface area contributed by atoms with Crippen LogP contribution in [0.2, 0.25) is 0 Å². The first-order valence-electron chi connectivity index (χ1n) is 6.49. The number of rotatable bonds is 6. The molecule has 0 bridgehead atoms. The molecule has 0 aromatic carbocycles. The Morgan fingerprint density at radius 3 is 2.65 bits per heavy atom. The summed E-state index contributed by atoms with van der Waals surface area (Å²) in [5, 5.41) is 3.46. The molecule has 0 aliphatic rings. The molecule has 3 heteroatoms. The summed E-state index contributed by atoms with van der Waals surface area (Å²) in [5.74, 6) is 0. The van der Waals surface area contributed by atoms with Crippen LogP contribution in [0, 0.1) is 0 Å². The van der Waals surface area contributed by atoms with Gasteiger partial charge in [0.2, 0.25) is 0 Å². The quantitative estimate of drug-likeness (QED) is 0.820. The summed E-state index contributed by atoms with van der Waals surface area (Å²) in [5.41, 5.74) is 2.61. The SMILES string of the molecule is CCC(=Cc1cncn1C(C)C)CNC(C)C. The highest BCUT2D eigenvalue weighted by Crippen LogP contribution is 2.13. The van der Waals surface area contributed by atoms with Crippen LogP contribution in [0.1, 0.15) is 52.8 Å². The van der Waals surface area contributed by atoms with Crippen LogP contribution in [-0.4, -0.2) is 22.1 Å². The molecule has 1 aromatic heterocycles. The summed E-state index contributed by atoms with van der Waals surface area (Å²) in [6, 6.07) is 0.986. The third kappa shape index (κ3) is 4.35. The Kier molecular flexibility index (Phi) is 5.42. The fourth-order valence-electron chi connectivity index (χ4n) is 1.68. The Morgan fingerprint density at radius 1 is 1.41 bits per heavy atom. The first kappa shape index (κ1) is 14.0. The molecule has 0 fully saturated rings. The lowest BCUT2D eigenvalue weighted by Gasteiger charge is -2.12. The maximum atomic E-state index is 4.22. The fraction of sp³-hybridized carbons (Fsp3) is 0.643. The zero-order valence-electron chi connectivity index (χ0n) is 11.7. The number of nitrogens with one attached hydrogen (secondary N) is 1. The van der Waals surface area contributed by atoms with Crippen molar-refractivity contribution in [2.45, 2.75) is 53.1 Å². The van der Waals surface area contributed by atoms with Gasteiger partial charge in [-0.15, -0.1) is 0 Å². The van der Waals surface area contributed by atoms with Crippen molar-refractivity contribution < 1.29 is 0 Å². The van der Waals surface area contributed by atoms with Gasteiger partial charge in [-0.25, -0.2) is 4.98 Å². The predicted molar refractivity (Wildman–Crippen MR) is 74.0 cm³/mol. The minimum absolute atomic E-state index is 0.458. The van der Waals surface area contributed by atoms with E-state index in [1.165, 1.54) is 11.3 Å². The van der Waals surface area contributed by atoms with Crippen molar-refractivity contribution in [3.8, 4) is 0 Å². The number of imidazole rings is 1. The molecule has 1 rings (SSSR count). The van der Waals surface area contributed by atoms with Crippen molar-refractivity contribution in [1.29, 1.82) is 0 Å². The second-order valence-corrected chi connectivity index (χ2v) is 5.01. The Morgan fingerprint density at radius 2 is 2.12 bits per heavy atom. The van der Waals surface area contributed by atoms with Crippen LogP contribution >= 0.6 is 0 Å². The Bertz CT molecular complexity index is 361. The van der Waals surface area contributed by atoms with E-state index < -0.39 is 0 Å². The molecule has 3 nitrogen and oxygen atoms in total. The van der Waals surface area contributed by atoms with Crippen molar-refractivity contribution in [2.24, 2.45) is 0 Å². The molecule has 0 saturated carbocycles. The molecule has 0 aliphatic heterocycles. The minimum atomic E-state index is 0.458. The van der Waals surface area contributed by atoms with Gasteiger partial charge in [0, 0.05) is 18.6 Å². The summed E-state index contributed by atoms with van der Waals surface area (Å²) in [6.07, 6.45) is 7.16. The highest BCUT2D eigenvalue weighted by atomic mass is 15.1. The molecule has 1 heterocycles. The first-order valence-corrected chi connectivity index (χ1v) is 6.49. The zero-order valence-corrected chi connectivity index (χ0v) is 11.7. The van der Waals surface area contributed by atoms with Crippen LogP contribution in [0.25, 0.3) is 6.08 Å². The average Bonchev–Trinajstić information content (AvgIpc) is 2.71. The number of nitrogens with zero attached hydrogens (tertiary/aromatic N) is 2. The van der Waals surface area contributed by atoms with Crippen molar-refractivity contribution in [1.82, 2.24) is 14.9 Å². The molecule has 0 spiro atoms. The van der Waals surface area contributed by atoms with E-state index in [0.29, 0.717) is 12.1 Å². The first-order chi connectivity index (χ1) is 8.04. The van der Waals surface area contributed by atoms with Gasteiger partial charge in [0.15, 0.2) is 0 Å². The van der Waals surface area contributed by atoms with E-state index >= 15 is 0 Å². The predicted octanol–water partition coefficient (Wildman–Crippen LogP) is 3.26. The van der Waals surface area contributed by atoms with Gasteiger partial charge in [0.25, 0.3) is 0 Å². The smallest absolute Gasteiger partial charge is 0.0953 e. The summed E-state index contributed by atoms with van der Waals surface area (Å²) < 4.78 is 2.20. The van der Waals surface area contributed by atoms with E-state index in [2.05, 4.69) is 55.6 Å². The Balaban J connectivity index is 2.79. The fourth-order valence-corrected chi connectivity index (χ4v) is 1.68. The number of hydrogen-bond donors (Lipinski definition) is 1. The topological polar surface area (TPSA) is 29.9 Å². The molecular formula is C14H25N3. The highest BCUT2D eigenvalue weighted by molar-refractivity contribution is 5.49. The van der Waals surface area contributed by atoms with Gasteiger partial charge in [0.05, 0.1) is 18.2 Å². The van der Waals surface area contributed by atoms with Crippen LogP contribution in [0.3, 0.4) is 0 Å². The molecular weight excluding hydrogens is 210 g/mol. The van der Waals surface area contributed by atoms with Crippen LogP contribution < -0.4 is 5.32 Å². The maximum Gasteiger partial charge on any atom is 0.0953 e. The van der Waals surface area contributed by atoms with Crippen LogP contribution in [0.4, 0.5) is 0 Å². The van der Waals surface area contributed by atoms with Gasteiger partial charge in [-0.1, -0.05) is 26.3 Å². The van der Waals surface area contributed by atoms with Gasteiger partial charge in [-0.05, 0) is 26.3 Å². The highest BCUT2D eigenvalue weighted by Gasteiger charge is 2.04. The molecule has 96 valence electrons. The Hall–Kier alpha value is -1.09. The normalized spacial score (nSPS) is 12.8. The molecule has 0 amide bonds. The zero-order chi connectivity index (χ0) is 12.8. The van der Waals surface area contributed by atoms with E-state index in [0.717, 1.165) is 13.0 Å². The number of hydrogen-bond acceptors (Lipinski definition) is 2. The van der Waals surface area contributed by atoms with E-state index in [1.807, 2.05) is 12.5 Å². The molecule has 17 heavy (non-hydrogen) atoms. The molecule has 0 radical (unpaired) electrons. The molecule has 0 atom stereocenters. The van der Waals surface area contributed by atoms with Crippen molar-refractivity contribution in [3.05, 3.63) is 23.8 Å². The van der Waals surface area contributed by atoms with Gasteiger partial charge in [-0.2, -0.15) is 0 Å². The van der Waals surface area contributed by atoms with E-state index in [9.17, 15) is 0 Å². The second-order valence-electron chi connectivity index (χ2n) is 5.01. The van der Waals surface area contributed by atoms with Gasteiger partial charge < -0.3 is 9.88 Å². The third-order valence-corrected chi connectivity index (χ3v) is 2.80. The molecule has 0 saturated heterocycles. The van der Waals surface area contributed by atoms with Crippen molar-refractivity contribution >= 4 is 6.08 Å². The van der Waals surface area contributed by atoms with Gasteiger partial charge in [-0.3, -0.25) is 0 Å². The largest absolute Gasteiger partial charge is 0.329 e. The van der Waals surface area contributed by atoms with Crippen LogP contribution in [0.15, 0.2) is 18.1 Å². The van der Waals surface area contributed by atoms with Gasteiger partial charge >= 0.3 is 0 Å². The lowest BCUT2D eigenvalue weighted by Crippen LogP contribution is -2.24. The summed E-state index contributed by atoms with van der Waals surface area (Å²) in [7, 11) is 0. The van der Waals surface area contributed by atoms with Crippen LogP contribution in [-0.2, 0) is 0 Å². The number of aromatic nitrogens is 2. The van der Waals surface area contributed by atoms with E-state index in [-0.39, 0.29) is 0 Å². The lowest BCUT2D eigenvalue weighted by atomic mass is 10.1. The van der Waals surface area contributed by atoms with Gasteiger partial charge in [0.1, 0.15) is 0 Å². The molecule has 1 aromatic rings. The maximum absolute atomic E-state index is 4.22. The monoisotopic (exact) mass is 235 g/mol. The standard InChI is InChI=1S/C14H25N3/c1-6-13(8-16-11(2)3)7-14-9-15-10-17(14)12(4)5/h7,9-12,16H,6,8H2,1-5H3. The molecule has 0 unspecified atom stereocenters. The van der Waals surface area contributed by atoms with E-state index in [4.69, 9.17) is 0 Å². The third-order valence-electron chi connectivity index (χ3n) is 2.80. The second kappa shape index (κ2) is 6.60. The average molecular weight is 235 g/mol. The summed E-state index contributed by atoms with van der Waals surface area (Å²) in [6.45, 7) is 11.9. The summed E-state index contributed by atoms with van der Waals surface area (Å²) in [4.78, 5) is 4.22. The van der Waals surface area contributed by atoms with Crippen molar-refractivity contribution in [2.75, 3.05) is 6.54 Å².